The molecular formula is Al5Ce. The Kier molecular flexibility index (Phi) is 300. The van der Waals surface area contributed by atoms with Crippen LogP contribution in [0.1, 0.15) is 0 Å². The van der Waals surface area contributed by atoms with Gasteiger partial charge in [0.15, 0.2) is 0 Å². The molecule has 0 aliphatic heterocycles. The molecule has 0 bridgehead atoms. The molecule has 0 aromatic heterocycles. The first-order valence-electron chi connectivity index (χ1n) is 0. The summed E-state index contributed by atoms with van der Waals surface area (Å²) in [7, 11) is 0. The molecule has 6 heteroatoms. The first kappa shape index (κ1) is 50.3. The van der Waals surface area contributed by atoms with Gasteiger partial charge in [-0.1, -0.05) is 0 Å². The molecule has 0 heterocycles. The van der Waals surface area contributed by atoms with E-state index in [0.717, 1.165) is 0 Å². The zero-order valence-electron chi connectivity index (χ0n) is 3.39. The van der Waals surface area contributed by atoms with E-state index in [1.54, 1.807) is 0 Å². The van der Waals surface area contributed by atoms with Crippen molar-refractivity contribution in [2.45, 2.75) is 0 Å². The van der Waals surface area contributed by atoms with Crippen LogP contribution >= 0.6 is 0 Å². The minimum absolute atomic E-state index is 0. The van der Waals surface area contributed by atoms with Crippen LogP contribution in [-0.2, 0) is 0 Å². The summed E-state index contributed by atoms with van der Waals surface area (Å²) in [5.41, 5.74) is 0. The van der Waals surface area contributed by atoms with Crippen molar-refractivity contribution in [1.82, 2.24) is 0 Å². The molecule has 6 heavy (non-hydrogen) atoms. The van der Waals surface area contributed by atoms with Gasteiger partial charge in [0.2, 0.25) is 0 Å². The zero-order chi connectivity index (χ0) is 0. The van der Waals surface area contributed by atoms with E-state index < -0.39 is 0 Å². The quantitative estimate of drug-likeness (QED) is 0.453. The van der Waals surface area contributed by atoms with Gasteiger partial charge in [-0.2, -0.15) is 0 Å². The standard InChI is InChI=1S/5Al.Ce. The van der Waals surface area contributed by atoms with E-state index in [1.165, 1.54) is 0 Å². The number of rotatable bonds is 0. The fraction of sp³-hybridized carbons (Fsp3) is 0. The van der Waals surface area contributed by atoms with Crippen molar-refractivity contribution in [3.05, 3.63) is 0 Å². The van der Waals surface area contributed by atoms with Crippen molar-refractivity contribution < 1.29 is 41.7 Å². The third kappa shape index (κ3) is 24.4. The molecule has 0 amide bonds. The predicted molar refractivity (Wildman–Crippen MR) is 28.8 cm³/mol. The van der Waals surface area contributed by atoms with Gasteiger partial charge in [0.05, 0.1) is 0 Å². The molecule has 0 saturated carbocycles. The Balaban J connectivity index is 0. The van der Waals surface area contributed by atoms with Crippen LogP contribution < -0.4 is 0 Å². The van der Waals surface area contributed by atoms with Crippen LogP contribution in [0.25, 0.3) is 0 Å². The van der Waals surface area contributed by atoms with Crippen molar-refractivity contribution in [2.24, 2.45) is 0 Å². The maximum absolute atomic E-state index is 0. The summed E-state index contributed by atoms with van der Waals surface area (Å²) in [5.74, 6) is 0. The maximum atomic E-state index is 0. The number of hydrogen-bond acceptors (Lipinski definition) is 0. The fourth-order valence-electron chi connectivity index (χ4n) is 0. The van der Waals surface area contributed by atoms with E-state index in [9.17, 15) is 0 Å². The molecule has 0 aromatic rings. The molecule has 0 aromatic carbocycles. The topological polar surface area (TPSA) is 0 Å². The van der Waals surface area contributed by atoms with Crippen molar-refractivity contribution >= 4 is 86.8 Å². The molecule has 0 spiro atoms. The summed E-state index contributed by atoms with van der Waals surface area (Å²) in [4.78, 5) is 0. The van der Waals surface area contributed by atoms with Gasteiger partial charge in [-0.3, -0.25) is 0 Å². The van der Waals surface area contributed by atoms with E-state index in [2.05, 4.69) is 0 Å². The minimum atomic E-state index is 0. The van der Waals surface area contributed by atoms with Gasteiger partial charge in [0.25, 0.3) is 0 Å². The Morgan fingerprint density at radius 2 is 0.333 bits per heavy atom. The summed E-state index contributed by atoms with van der Waals surface area (Å²) in [6, 6.07) is 0. The zero-order valence-corrected chi connectivity index (χ0v) is 12.3. The molecule has 0 N–H and O–H groups in total. The molecule has 0 atom stereocenters. The smallest absolute Gasteiger partial charge is 0 e. The van der Waals surface area contributed by atoms with E-state index in [4.69, 9.17) is 0 Å². The van der Waals surface area contributed by atoms with E-state index in [1.807, 2.05) is 0 Å². The van der Waals surface area contributed by atoms with Crippen LogP contribution in [0, 0.1) is 41.7 Å². The molecule has 15 radical (unpaired) electrons. The van der Waals surface area contributed by atoms with Gasteiger partial charge in [0.1, 0.15) is 0 Å². The summed E-state index contributed by atoms with van der Waals surface area (Å²) in [6.07, 6.45) is 0. The van der Waals surface area contributed by atoms with Crippen molar-refractivity contribution in [1.29, 1.82) is 0 Å². The molecule has 0 unspecified atom stereocenters. The third-order valence-electron chi connectivity index (χ3n) is 0. The molecule has 0 fully saturated rings. The van der Waals surface area contributed by atoms with Gasteiger partial charge in [0, 0.05) is 129 Å². The molecular weight excluding hydrogens is 275 g/mol. The van der Waals surface area contributed by atoms with E-state index >= 15 is 0 Å². The first-order chi connectivity index (χ1) is 0. The average molecular weight is 275 g/mol. The Morgan fingerprint density at radius 3 is 0.333 bits per heavy atom. The normalized spacial score (nSPS) is 0. The summed E-state index contributed by atoms with van der Waals surface area (Å²) >= 11 is 0. The van der Waals surface area contributed by atoms with Crippen molar-refractivity contribution in [2.75, 3.05) is 0 Å². The van der Waals surface area contributed by atoms with Crippen LogP contribution in [0.5, 0.6) is 0 Å². The van der Waals surface area contributed by atoms with Gasteiger partial charge in [-0.15, -0.1) is 0 Å². The summed E-state index contributed by atoms with van der Waals surface area (Å²) in [5, 5.41) is 0. The fourth-order valence-corrected chi connectivity index (χ4v) is 0. The van der Waals surface area contributed by atoms with Gasteiger partial charge >= 0.3 is 0 Å². The largest absolute Gasteiger partial charge is 0 e. The average Bonchev–Trinajstić information content (AvgIpc) is 0. The second-order valence-corrected chi connectivity index (χ2v) is 0. The van der Waals surface area contributed by atoms with E-state index in [0.29, 0.717) is 0 Å². The minimum Gasteiger partial charge on any atom is 0 e. The Bertz CT molecular complexity index is 3.90. The first-order valence-corrected chi connectivity index (χ1v) is 0. The van der Waals surface area contributed by atoms with Gasteiger partial charge in [-0.05, 0) is 0 Å². The van der Waals surface area contributed by atoms with Crippen LogP contribution in [0.15, 0.2) is 0 Å². The van der Waals surface area contributed by atoms with Gasteiger partial charge < -0.3 is 0 Å². The van der Waals surface area contributed by atoms with Crippen LogP contribution in [-0.4, -0.2) is 86.8 Å². The Hall–Kier alpha value is 4.04. The molecule has 0 aliphatic rings. The Morgan fingerprint density at radius 1 is 0.333 bits per heavy atom. The van der Waals surface area contributed by atoms with Crippen LogP contribution in [0.4, 0.5) is 0 Å². The van der Waals surface area contributed by atoms with Crippen LogP contribution in [0.2, 0.25) is 0 Å². The molecule has 0 nitrogen and oxygen atoms in total. The van der Waals surface area contributed by atoms with Crippen molar-refractivity contribution in [3.8, 4) is 0 Å². The molecule has 0 saturated heterocycles. The van der Waals surface area contributed by atoms with Crippen LogP contribution in [0.3, 0.4) is 0 Å². The SMILES string of the molecule is [Al].[Al].[Al].[Al].[Al].[Ce]. The second-order valence-electron chi connectivity index (χ2n) is 0. The molecule has 19 valence electrons. The third-order valence-corrected chi connectivity index (χ3v) is 0. The maximum Gasteiger partial charge on any atom is 0 e. The predicted octanol–water partition coefficient (Wildman–Crippen LogP) is -1.90. The summed E-state index contributed by atoms with van der Waals surface area (Å²) < 4.78 is 0. The monoisotopic (exact) mass is 275 g/mol. The second kappa shape index (κ2) is 35.8. The molecule has 0 aliphatic carbocycles. The van der Waals surface area contributed by atoms with Gasteiger partial charge in [-0.25, -0.2) is 0 Å². The van der Waals surface area contributed by atoms with E-state index in [-0.39, 0.29) is 129 Å². The van der Waals surface area contributed by atoms with Crippen molar-refractivity contribution in [3.63, 3.8) is 0 Å². The summed E-state index contributed by atoms with van der Waals surface area (Å²) in [6.45, 7) is 0. The number of hydrogen-bond donors (Lipinski definition) is 0. The Labute approximate surface area is 126 Å². The molecule has 0 rings (SSSR count).